The Hall–Kier alpha value is -5.16. The molecule has 18 heteroatoms. The second kappa shape index (κ2) is 20.1. The van der Waals surface area contributed by atoms with Crippen LogP contribution in [0.2, 0.25) is 10.0 Å². The number of hydrogen-bond acceptors (Lipinski definition) is 13. The molecule has 2 aromatic carbocycles. The summed E-state index contributed by atoms with van der Waals surface area (Å²) in [5.41, 5.74) is 1.93. The van der Waals surface area contributed by atoms with E-state index in [9.17, 15) is 24.3 Å². The number of aromatic carboxylic acids is 1. The Labute approximate surface area is 365 Å². The smallest absolute Gasteiger partial charge is 0.410 e. The average molecular weight is 886 g/mol. The summed E-state index contributed by atoms with van der Waals surface area (Å²) in [7, 11) is 1.32. The predicted octanol–water partition coefficient (Wildman–Crippen LogP) is 7.49. The molecule has 330 valence electrons. The molecule has 0 bridgehead atoms. The van der Waals surface area contributed by atoms with Gasteiger partial charge >= 0.3 is 24.1 Å². The predicted molar refractivity (Wildman–Crippen MR) is 233 cm³/mol. The van der Waals surface area contributed by atoms with Crippen molar-refractivity contribution in [1.29, 1.82) is 0 Å². The van der Waals surface area contributed by atoms with Crippen molar-refractivity contribution in [2.75, 3.05) is 75.9 Å². The number of aliphatic hydroxyl groups excluding tert-OH is 1. The van der Waals surface area contributed by atoms with Crippen molar-refractivity contribution in [1.82, 2.24) is 19.8 Å². The highest BCUT2D eigenvalue weighted by Crippen LogP contribution is 2.32. The second-order valence-electron chi connectivity index (χ2n) is 16.5. The van der Waals surface area contributed by atoms with Crippen LogP contribution >= 0.6 is 23.2 Å². The number of piperazine rings is 2. The number of benzene rings is 2. The van der Waals surface area contributed by atoms with Crippen LogP contribution in [0.3, 0.4) is 0 Å². The quantitative estimate of drug-likeness (QED) is 0.152. The summed E-state index contributed by atoms with van der Waals surface area (Å²) in [5, 5.41) is 20.6. The molecule has 16 nitrogen and oxygen atoms in total. The number of fused-ring (bicyclic) bond motifs is 2. The summed E-state index contributed by atoms with van der Waals surface area (Å²) >= 11 is 12.1. The first-order chi connectivity index (χ1) is 28.7. The van der Waals surface area contributed by atoms with Crippen molar-refractivity contribution in [2.45, 2.75) is 71.9 Å². The van der Waals surface area contributed by atoms with Gasteiger partial charge in [0, 0.05) is 97.6 Å². The molecule has 3 saturated heterocycles. The Morgan fingerprint density at radius 3 is 1.46 bits per heavy atom. The number of carbonyl (C=O) groups is 4. The molecule has 2 amide bonds. The number of amides is 2. The third-order valence-corrected chi connectivity index (χ3v) is 10.0. The van der Waals surface area contributed by atoms with Gasteiger partial charge in [0.15, 0.2) is 17.7 Å². The molecule has 0 saturated carbocycles. The zero-order valence-corrected chi connectivity index (χ0v) is 37.1. The summed E-state index contributed by atoms with van der Waals surface area (Å²) in [6.45, 7) is 16.2. The van der Waals surface area contributed by atoms with Crippen molar-refractivity contribution in [2.24, 2.45) is 0 Å². The van der Waals surface area contributed by atoms with E-state index in [1.54, 1.807) is 46.2 Å². The van der Waals surface area contributed by atoms with Gasteiger partial charge in [0.1, 0.15) is 11.2 Å². The molecular formula is C43H54Cl2N6O10. The first kappa shape index (κ1) is 46.9. The maximum absolute atomic E-state index is 12.3. The maximum Gasteiger partial charge on any atom is 0.410 e. The van der Waals surface area contributed by atoms with Crippen LogP contribution in [-0.2, 0) is 18.9 Å². The third-order valence-electron chi connectivity index (χ3n) is 9.56. The molecule has 0 spiro atoms. The van der Waals surface area contributed by atoms with Crippen LogP contribution in [0, 0.1) is 0 Å². The summed E-state index contributed by atoms with van der Waals surface area (Å²) < 4.78 is 20.4. The van der Waals surface area contributed by atoms with E-state index in [4.69, 9.17) is 47.3 Å². The van der Waals surface area contributed by atoms with E-state index < -0.39 is 29.4 Å². The molecule has 0 aliphatic carbocycles. The van der Waals surface area contributed by atoms with Crippen molar-refractivity contribution in [3.05, 3.63) is 70.0 Å². The number of methoxy groups -OCH3 is 1. The summed E-state index contributed by atoms with van der Waals surface area (Å²) in [6, 6.07) is 14.0. The average Bonchev–Trinajstić information content (AvgIpc) is 3.69. The first-order valence-electron chi connectivity index (χ1n) is 20.0. The van der Waals surface area contributed by atoms with Gasteiger partial charge in [-0.15, -0.1) is 0 Å². The van der Waals surface area contributed by atoms with Crippen LogP contribution in [0.5, 0.6) is 0 Å². The Balaban J connectivity index is 0.000000203. The summed E-state index contributed by atoms with van der Waals surface area (Å²) in [4.78, 5) is 64.1. The molecule has 5 heterocycles. The minimum atomic E-state index is -1.09. The molecule has 0 radical (unpaired) electrons. The normalized spacial score (nSPS) is 16.9. The van der Waals surface area contributed by atoms with Crippen LogP contribution in [0.4, 0.5) is 21.0 Å². The fourth-order valence-electron chi connectivity index (χ4n) is 6.68. The van der Waals surface area contributed by atoms with Crippen LogP contribution in [0.1, 0.15) is 75.4 Å². The van der Waals surface area contributed by atoms with E-state index in [1.165, 1.54) is 7.11 Å². The molecule has 61 heavy (non-hydrogen) atoms. The number of ether oxygens (including phenoxy) is 4. The van der Waals surface area contributed by atoms with Crippen LogP contribution in [0.25, 0.3) is 21.8 Å². The number of anilines is 2. The number of hydrogen-bond donors (Lipinski definition) is 2. The second-order valence-corrected chi connectivity index (χ2v) is 17.4. The monoisotopic (exact) mass is 884 g/mol. The SMILES string of the molecule is CC(C)(C)OC(=O)N1CCN(c2cc(C(=O)O)nc3cc(Cl)ccc23)CC1.COC(=O)c1cc(N2CCN(C(=O)OC(C)(C)C)CC2)c2ccc(Cl)cc2n1.OC1CCCO1. The summed E-state index contributed by atoms with van der Waals surface area (Å²) in [5.74, 6) is -1.60. The molecular weight excluding hydrogens is 831 g/mol. The molecule has 1 unspecified atom stereocenters. The molecule has 3 fully saturated rings. The molecule has 1 atom stereocenters. The van der Waals surface area contributed by atoms with Crippen LogP contribution < -0.4 is 9.80 Å². The third kappa shape index (κ3) is 13.2. The largest absolute Gasteiger partial charge is 0.477 e. The molecule has 4 aromatic rings. The standard InChI is InChI=1S/C20H24ClN3O4.C19H22ClN3O4.C4H8O2/c1-20(2,3)28-19(26)24-9-7-23(8-10-24)17-12-16(18(25)27-4)22-15-11-13(21)5-6-14(15)17;1-19(2,3)27-18(26)23-8-6-22(7-9-23)16-11-15(17(24)25)21-14-10-12(20)4-5-13(14)16;5-4-2-1-3-6-4/h5-6,11-12H,7-10H2,1-4H3;4-5,10-11H,6-9H2,1-3H3,(H,24,25);4-5H,1-3H2. The van der Waals surface area contributed by atoms with E-state index in [0.29, 0.717) is 73.4 Å². The van der Waals surface area contributed by atoms with Crippen molar-refractivity contribution in [3.63, 3.8) is 0 Å². The minimum Gasteiger partial charge on any atom is -0.477 e. The first-order valence-corrected chi connectivity index (χ1v) is 20.7. The number of aromatic nitrogens is 2. The van der Waals surface area contributed by atoms with Crippen LogP contribution in [0.15, 0.2) is 48.5 Å². The van der Waals surface area contributed by atoms with E-state index in [1.807, 2.05) is 53.7 Å². The lowest BCUT2D eigenvalue weighted by Gasteiger charge is -2.37. The zero-order chi connectivity index (χ0) is 44.6. The Morgan fingerprint density at radius 2 is 1.11 bits per heavy atom. The van der Waals surface area contributed by atoms with Gasteiger partial charge in [0.05, 0.1) is 18.1 Å². The Morgan fingerprint density at radius 1 is 0.689 bits per heavy atom. The zero-order valence-electron chi connectivity index (χ0n) is 35.6. The van der Waals surface area contributed by atoms with Gasteiger partial charge in [0.25, 0.3) is 0 Å². The Kier molecular flexibility index (Phi) is 15.5. The number of pyridine rings is 2. The van der Waals surface area contributed by atoms with Gasteiger partial charge in [-0.3, -0.25) is 0 Å². The van der Waals surface area contributed by atoms with Gasteiger partial charge in [-0.05, 0) is 96.5 Å². The Bertz CT molecular complexity index is 2210. The lowest BCUT2D eigenvalue weighted by Crippen LogP contribution is -2.50. The van der Waals surface area contributed by atoms with Crippen LogP contribution in [-0.4, -0.2) is 138 Å². The van der Waals surface area contributed by atoms with Gasteiger partial charge in [-0.1, -0.05) is 23.2 Å². The number of halogens is 2. The number of carboxylic acids is 1. The van der Waals surface area contributed by atoms with Crippen molar-refractivity contribution < 1.29 is 48.3 Å². The molecule has 7 rings (SSSR count). The minimum absolute atomic E-state index is 0.0330. The number of esters is 1. The van der Waals surface area contributed by atoms with Crippen molar-refractivity contribution in [3.8, 4) is 0 Å². The molecule has 3 aliphatic rings. The number of carbonyl (C=O) groups excluding carboxylic acids is 3. The highest BCUT2D eigenvalue weighted by molar-refractivity contribution is 6.31. The molecule has 2 N–H and O–H groups in total. The van der Waals surface area contributed by atoms with E-state index in [0.717, 1.165) is 41.6 Å². The van der Waals surface area contributed by atoms with E-state index in [-0.39, 0.29) is 23.6 Å². The van der Waals surface area contributed by atoms with Gasteiger partial charge in [-0.25, -0.2) is 29.1 Å². The lowest BCUT2D eigenvalue weighted by atomic mass is 10.1. The lowest BCUT2D eigenvalue weighted by molar-refractivity contribution is -0.0589. The molecule has 2 aromatic heterocycles. The molecule has 3 aliphatic heterocycles. The highest BCUT2D eigenvalue weighted by atomic mass is 35.5. The van der Waals surface area contributed by atoms with Gasteiger partial charge in [-0.2, -0.15) is 0 Å². The fraction of sp³-hybridized carbons (Fsp3) is 0.488. The van der Waals surface area contributed by atoms with Gasteiger partial charge < -0.3 is 48.8 Å². The number of rotatable bonds is 4. The number of aliphatic hydroxyl groups is 1. The van der Waals surface area contributed by atoms with E-state index >= 15 is 0 Å². The topological polar surface area (TPSA) is 184 Å². The number of carboxylic acid groups (broad SMARTS) is 1. The fourth-order valence-corrected chi connectivity index (χ4v) is 7.01. The van der Waals surface area contributed by atoms with Crippen molar-refractivity contribution >= 4 is 80.5 Å². The maximum atomic E-state index is 12.3. The van der Waals surface area contributed by atoms with E-state index in [2.05, 4.69) is 19.8 Å². The van der Waals surface area contributed by atoms with Gasteiger partial charge in [0.2, 0.25) is 0 Å². The number of nitrogens with zero attached hydrogens (tertiary/aromatic N) is 6. The highest BCUT2D eigenvalue weighted by Gasteiger charge is 2.29. The summed E-state index contributed by atoms with van der Waals surface area (Å²) in [6.07, 6.45) is 0.736.